The lowest BCUT2D eigenvalue weighted by Gasteiger charge is -2.47. The van der Waals surface area contributed by atoms with Crippen molar-refractivity contribution in [1.82, 2.24) is 0 Å². The second-order valence-corrected chi connectivity index (χ2v) is 18.1. The molecule has 10 atom stereocenters. The molecule has 0 aromatic heterocycles. The molecule has 7 rings (SSSR count). The van der Waals surface area contributed by atoms with Crippen molar-refractivity contribution in [1.29, 1.82) is 0 Å². The van der Waals surface area contributed by atoms with Crippen LogP contribution in [-0.2, 0) is 57.0 Å². The van der Waals surface area contributed by atoms with Crippen molar-refractivity contribution < 1.29 is 76.1 Å². The highest BCUT2D eigenvalue weighted by Crippen LogP contribution is 2.38. The number of hydrogen-bond acceptors (Lipinski definition) is 16. The Balaban J connectivity index is 1.34. The Labute approximate surface area is 398 Å². The molecule has 3 heterocycles. The first-order chi connectivity index (χ1) is 30.6. The molecule has 4 aromatic rings. The molecule has 0 saturated carbocycles. The molecule has 0 aliphatic carbocycles. The third-order valence-corrected chi connectivity index (χ3v) is 12.0. The number of rotatable bonds is 13. The normalized spacial score (nSPS) is 25.9. The topological polar surface area (TPSA) is 195 Å². The van der Waals surface area contributed by atoms with Gasteiger partial charge in [0.15, 0.2) is 43.1 Å². The zero-order chi connectivity index (χ0) is 45.7. The zero-order valence-electron chi connectivity index (χ0n) is 33.5. The molecular formula is C44H36Br4O16. The van der Waals surface area contributed by atoms with E-state index in [0.717, 1.165) is 13.8 Å². The SMILES string of the molecule is CC(=O)O[C@@H]1[C@@H](OC(C)=O)[C@@H]2OC[C@@H](O2)[C@H]1O[C@@H]1O[C@H](COC(=O)c2ccc(Br)cc2)[C@@H](OC(=O)c2ccc(Br)cc2)[C@H](OC(=O)c2ccc(Br)cc2)[C@H]1OC(=O)c1ccc(Br)cc1. The van der Waals surface area contributed by atoms with Gasteiger partial charge in [-0.15, -0.1) is 0 Å². The first kappa shape index (κ1) is 47.4. The summed E-state index contributed by atoms with van der Waals surface area (Å²) in [5.74, 6) is -5.14. The van der Waals surface area contributed by atoms with Gasteiger partial charge < -0.3 is 47.4 Å². The smallest absolute Gasteiger partial charge is 0.338 e. The van der Waals surface area contributed by atoms with Crippen LogP contribution in [0.15, 0.2) is 115 Å². The van der Waals surface area contributed by atoms with Crippen molar-refractivity contribution in [3.8, 4) is 0 Å². The van der Waals surface area contributed by atoms with Gasteiger partial charge in [-0.25, -0.2) is 19.2 Å². The Bertz CT molecular complexity index is 2350. The minimum absolute atomic E-state index is 0.0506. The van der Waals surface area contributed by atoms with Crippen LogP contribution in [0.4, 0.5) is 0 Å². The van der Waals surface area contributed by atoms with Crippen molar-refractivity contribution in [2.24, 2.45) is 0 Å². The molecule has 0 amide bonds. The predicted octanol–water partition coefficient (Wildman–Crippen LogP) is 7.30. The molecule has 3 fully saturated rings. The van der Waals surface area contributed by atoms with E-state index in [1.54, 1.807) is 48.5 Å². The van der Waals surface area contributed by atoms with Gasteiger partial charge >= 0.3 is 35.8 Å². The molecule has 0 radical (unpaired) electrons. The van der Waals surface area contributed by atoms with Crippen molar-refractivity contribution in [3.63, 3.8) is 0 Å². The second-order valence-electron chi connectivity index (χ2n) is 14.4. The fourth-order valence-electron chi connectivity index (χ4n) is 6.98. The molecule has 2 bridgehead atoms. The Morgan fingerprint density at radius 2 is 0.875 bits per heavy atom. The van der Waals surface area contributed by atoms with Gasteiger partial charge in [0.05, 0.1) is 28.9 Å². The molecule has 16 nitrogen and oxygen atoms in total. The number of hydrogen-bond donors (Lipinski definition) is 0. The van der Waals surface area contributed by atoms with E-state index in [2.05, 4.69) is 63.7 Å². The third-order valence-electron chi connectivity index (χ3n) is 9.93. The van der Waals surface area contributed by atoms with Gasteiger partial charge in [-0.3, -0.25) is 9.59 Å². The fourth-order valence-corrected chi connectivity index (χ4v) is 8.04. The summed E-state index contributed by atoms with van der Waals surface area (Å²) in [7, 11) is 0. The molecule has 0 unspecified atom stereocenters. The molecule has 336 valence electrons. The van der Waals surface area contributed by atoms with Gasteiger partial charge in [0.25, 0.3) is 0 Å². The number of benzene rings is 4. The summed E-state index contributed by atoms with van der Waals surface area (Å²) in [6.45, 7) is 1.50. The van der Waals surface area contributed by atoms with E-state index in [-0.39, 0.29) is 28.9 Å². The van der Waals surface area contributed by atoms with Crippen molar-refractivity contribution >= 4 is 99.5 Å². The standard InChI is InChI=1S/C44H36Br4O16/c1-21(49)57-35-34(32-20-56-43(59-32)37(35)58-22(2)50)64-44-38(63-42(54)26-9-17-30(48)18-10-26)36(62-41(53)25-7-15-29(47)16-8-25)33(61-40(52)24-5-13-28(46)14-6-24)31(60-44)19-55-39(51)23-3-11-27(45)12-4-23/h3-18,31-38,43-44H,19-20H2,1-2H3/t31-,32-,33-,34-,35+,36+,37-,38-,43-,44+/m1/s1. The summed E-state index contributed by atoms with van der Waals surface area (Å²) in [4.78, 5) is 80.7. The van der Waals surface area contributed by atoms with Crippen LogP contribution in [0.5, 0.6) is 0 Å². The number of carbonyl (C=O) groups is 6. The van der Waals surface area contributed by atoms with Crippen LogP contribution < -0.4 is 0 Å². The summed E-state index contributed by atoms with van der Waals surface area (Å²) >= 11 is 13.4. The summed E-state index contributed by atoms with van der Waals surface area (Å²) in [6.07, 6.45) is -14.8. The summed E-state index contributed by atoms with van der Waals surface area (Å²) in [5.41, 5.74) is 0.333. The van der Waals surface area contributed by atoms with Crippen molar-refractivity contribution in [2.75, 3.05) is 13.2 Å². The van der Waals surface area contributed by atoms with Crippen LogP contribution in [0, 0.1) is 0 Å². The second kappa shape index (κ2) is 21.2. The van der Waals surface area contributed by atoms with Crippen LogP contribution >= 0.6 is 63.7 Å². The van der Waals surface area contributed by atoms with E-state index in [9.17, 15) is 28.8 Å². The van der Waals surface area contributed by atoms with Gasteiger partial charge in [-0.1, -0.05) is 63.7 Å². The van der Waals surface area contributed by atoms with E-state index in [4.69, 9.17) is 47.4 Å². The van der Waals surface area contributed by atoms with Crippen LogP contribution in [-0.4, -0.2) is 110 Å². The highest BCUT2D eigenvalue weighted by atomic mass is 79.9. The minimum atomic E-state index is -1.82. The van der Waals surface area contributed by atoms with Gasteiger partial charge in [0.2, 0.25) is 0 Å². The Kier molecular flexibility index (Phi) is 15.7. The Morgan fingerprint density at radius 3 is 1.33 bits per heavy atom. The molecule has 3 aliphatic heterocycles. The van der Waals surface area contributed by atoms with Crippen molar-refractivity contribution in [2.45, 2.75) is 75.3 Å². The maximum absolute atomic E-state index is 14.2. The number of halogens is 4. The lowest BCUT2D eigenvalue weighted by atomic mass is 9.96. The first-order valence-corrected chi connectivity index (χ1v) is 22.6. The molecule has 0 N–H and O–H groups in total. The predicted molar refractivity (Wildman–Crippen MR) is 234 cm³/mol. The maximum Gasteiger partial charge on any atom is 0.338 e. The van der Waals surface area contributed by atoms with Gasteiger partial charge in [0, 0.05) is 31.7 Å². The van der Waals surface area contributed by atoms with Gasteiger partial charge in [-0.2, -0.15) is 0 Å². The highest BCUT2D eigenvalue weighted by Gasteiger charge is 2.59. The Hall–Kier alpha value is -4.54. The average molecular weight is 1140 g/mol. The first-order valence-electron chi connectivity index (χ1n) is 19.4. The van der Waals surface area contributed by atoms with E-state index >= 15 is 0 Å². The van der Waals surface area contributed by atoms with Crippen LogP contribution in [0.2, 0.25) is 0 Å². The number of ether oxygens (including phenoxy) is 10. The fraction of sp³-hybridized carbons (Fsp3) is 0.318. The van der Waals surface area contributed by atoms with E-state index < -0.39 is 104 Å². The molecule has 20 heteroatoms. The minimum Gasteiger partial charge on any atom is -0.459 e. The molecule has 0 spiro atoms. The summed E-state index contributed by atoms with van der Waals surface area (Å²) < 4.78 is 63.0. The van der Waals surface area contributed by atoms with Crippen LogP contribution in [0.25, 0.3) is 0 Å². The maximum atomic E-state index is 14.2. The lowest BCUT2D eigenvalue weighted by molar-refractivity contribution is -0.336. The monoisotopic (exact) mass is 1140 g/mol. The number of esters is 6. The van der Waals surface area contributed by atoms with Gasteiger partial charge in [0.1, 0.15) is 24.9 Å². The number of carbonyl (C=O) groups excluding carboxylic acids is 6. The molecule has 3 saturated heterocycles. The van der Waals surface area contributed by atoms with E-state index in [0.29, 0.717) is 17.9 Å². The molecule has 4 aromatic carbocycles. The third kappa shape index (κ3) is 11.6. The summed E-state index contributed by atoms with van der Waals surface area (Å²) in [6, 6.07) is 24.7. The largest absolute Gasteiger partial charge is 0.459 e. The van der Waals surface area contributed by atoms with Crippen LogP contribution in [0.1, 0.15) is 55.3 Å². The van der Waals surface area contributed by atoms with Crippen molar-refractivity contribution in [3.05, 3.63) is 137 Å². The zero-order valence-corrected chi connectivity index (χ0v) is 39.8. The quantitative estimate of drug-likeness (QED) is 0.0955. The molecular weight excluding hydrogens is 1100 g/mol. The van der Waals surface area contributed by atoms with Crippen LogP contribution in [0.3, 0.4) is 0 Å². The average Bonchev–Trinajstić information content (AvgIpc) is 3.71. The lowest BCUT2D eigenvalue weighted by Crippen LogP contribution is -2.66. The van der Waals surface area contributed by atoms with E-state index in [1.807, 2.05) is 0 Å². The Morgan fingerprint density at radius 1 is 0.484 bits per heavy atom. The highest BCUT2D eigenvalue weighted by molar-refractivity contribution is 9.11. The van der Waals surface area contributed by atoms with E-state index in [1.165, 1.54) is 48.5 Å². The molecule has 3 aliphatic rings. The summed E-state index contributed by atoms with van der Waals surface area (Å²) in [5, 5.41) is 0. The van der Waals surface area contributed by atoms with Gasteiger partial charge in [-0.05, 0) is 97.1 Å². The number of fused-ring (bicyclic) bond motifs is 2. The molecule has 64 heavy (non-hydrogen) atoms.